The molecule has 0 atom stereocenters. The maximum Gasteiger partial charge on any atom is 0.0648 e. The highest BCUT2D eigenvalue weighted by Gasteiger charge is 2.00. The predicted octanol–water partition coefficient (Wildman–Crippen LogP) is 5.33. The van der Waals surface area contributed by atoms with Crippen LogP contribution in [0.5, 0.6) is 0 Å². The van der Waals surface area contributed by atoms with Crippen molar-refractivity contribution in [1.82, 2.24) is 0 Å². The van der Waals surface area contributed by atoms with E-state index < -0.39 is 0 Å². The second-order valence-corrected chi connectivity index (χ2v) is 5.28. The molecule has 104 valence electrons. The molecular weight excluding hydrogens is 280 g/mol. The molecule has 0 saturated heterocycles. The average molecular weight is 295 g/mol. The summed E-state index contributed by atoms with van der Waals surface area (Å²) < 4.78 is 0. The Morgan fingerprint density at radius 1 is 0.905 bits per heavy atom. The first-order valence-corrected chi connectivity index (χ1v) is 7.16. The molecule has 0 saturated carbocycles. The van der Waals surface area contributed by atoms with Crippen molar-refractivity contribution in [2.75, 3.05) is 5.43 Å². The van der Waals surface area contributed by atoms with Gasteiger partial charge in [0.15, 0.2) is 0 Å². The Bertz CT molecular complexity index is 786. The summed E-state index contributed by atoms with van der Waals surface area (Å²) in [5.41, 5.74) is 6.12. The number of anilines is 1. The van der Waals surface area contributed by atoms with Gasteiger partial charge in [-0.2, -0.15) is 5.10 Å². The highest BCUT2D eigenvalue weighted by Crippen LogP contribution is 2.23. The molecule has 3 rings (SSSR count). The van der Waals surface area contributed by atoms with Gasteiger partial charge in [0.1, 0.15) is 0 Å². The molecule has 0 aliphatic rings. The minimum Gasteiger partial charge on any atom is -0.278 e. The Balaban J connectivity index is 1.88. The summed E-state index contributed by atoms with van der Waals surface area (Å²) in [7, 11) is 0. The zero-order chi connectivity index (χ0) is 14.7. The standard InChI is InChI=1S/C18H15ClN2/c1-13(14-9-11-16(19)12-10-14)20-21-18-8-4-6-15-5-2-3-7-17(15)18/h2-12,21H,1H3. The third kappa shape index (κ3) is 3.06. The van der Waals surface area contributed by atoms with Gasteiger partial charge in [0.2, 0.25) is 0 Å². The lowest BCUT2D eigenvalue weighted by atomic mass is 10.1. The smallest absolute Gasteiger partial charge is 0.0648 e. The Morgan fingerprint density at radius 2 is 1.62 bits per heavy atom. The molecule has 0 radical (unpaired) electrons. The third-order valence-electron chi connectivity index (χ3n) is 3.40. The number of hydrogen-bond donors (Lipinski definition) is 1. The Hall–Kier alpha value is -2.32. The molecule has 0 heterocycles. The molecule has 0 unspecified atom stereocenters. The van der Waals surface area contributed by atoms with Gasteiger partial charge >= 0.3 is 0 Å². The van der Waals surface area contributed by atoms with E-state index >= 15 is 0 Å². The summed E-state index contributed by atoms with van der Waals surface area (Å²) in [6.45, 7) is 1.97. The molecule has 0 bridgehead atoms. The van der Waals surface area contributed by atoms with Gasteiger partial charge in [0.05, 0.1) is 11.4 Å². The van der Waals surface area contributed by atoms with Crippen LogP contribution in [-0.4, -0.2) is 5.71 Å². The van der Waals surface area contributed by atoms with Crippen molar-refractivity contribution in [2.45, 2.75) is 6.92 Å². The molecule has 0 aromatic heterocycles. The topological polar surface area (TPSA) is 24.4 Å². The van der Waals surface area contributed by atoms with Crippen molar-refractivity contribution in [3.63, 3.8) is 0 Å². The maximum atomic E-state index is 5.90. The average Bonchev–Trinajstić information content (AvgIpc) is 2.53. The van der Waals surface area contributed by atoms with Crippen LogP contribution in [0.3, 0.4) is 0 Å². The van der Waals surface area contributed by atoms with Crippen LogP contribution < -0.4 is 5.43 Å². The van der Waals surface area contributed by atoms with Gasteiger partial charge in [0.25, 0.3) is 0 Å². The van der Waals surface area contributed by atoms with E-state index in [1.54, 1.807) is 0 Å². The first-order chi connectivity index (χ1) is 10.2. The van der Waals surface area contributed by atoms with Crippen molar-refractivity contribution in [3.8, 4) is 0 Å². The van der Waals surface area contributed by atoms with Gasteiger partial charge in [-0.1, -0.05) is 60.1 Å². The summed E-state index contributed by atoms with van der Waals surface area (Å²) in [6, 6.07) is 22.1. The van der Waals surface area contributed by atoms with E-state index in [-0.39, 0.29) is 0 Å². The lowest BCUT2D eigenvalue weighted by molar-refractivity contribution is 1.33. The van der Waals surface area contributed by atoms with Crippen molar-refractivity contribution >= 4 is 33.8 Å². The zero-order valence-electron chi connectivity index (χ0n) is 11.7. The molecule has 0 spiro atoms. The zero-order valence-corrected chi connectivity index (χ0v) is 12.4. The number of benzene rings is 3. The van der Waals surface area contributed by atoms with Crippen LogP contribution in [0.1, 0.15) is 12.5 Å². The normalized spacial score (nSPS) is 11.6. The van der Waals surface area contributed by atoms with Gasteiger partial charge in [-0.05, 0) is 36.1 Å². The van der Waals surface area contributed by atoms with Crippen molar-refractivity contribution in [3.05, 3.63) is 77.3 Å². The van der Waals surface area contributed by atoms with E-state index in [1.165, 1.54) is 5.39 Å². The van der Waals surface area contributed by atoms with Crippen LogP contribution in [-0.2, 0) is 0 Å². The molecule has 0 amide bonds. The minimum absolute atomic E-state index is 0.730. The number of nitrogens with zero attached hydrogens (tertiary/aromatic N) is 1. The molecule has 3 aromatic rings. The molecule has 0 fully saturated rings. The van der Waals surface area contributed by atoms with E-state index in [1.807, 2.05) is 55.5 Å². The lowest BCUT2D eigenvalue weighted by Gasteiger charge is -2.07. The van der Waals surface area contributed by atoms with Crippen molar-refractivity contribution in [1.29, 1.82) is 0 Å². The van der Waals surface area contributed by atoms with Crippen LogP contribution in [0.4, 0.5) is 5.69 Å². The van der Waals surface area contributed by atoms with Crippen LogP contribution >= 0.6 is 11.6 Å². The molecule has 2 nitrogen and oxygen atoms in total. The van der Waals surface area contributed by atoms with Crippen molar-refractivity contribution < 1.29 is 0 Å². The molecule has 3 aromatic carbocycles. The molecule has 3 heteroatoms. The molecule has 1 N–H and O–H groups in total. The van der Waals surface area contributed by atoms with Crippen molar-refractivity contribution in [2.24, 2.45) is 5.10 Å². The highest BCUT2D eigenvalue weighted by molar-refractivity contribution is 6.30. The van der Waals surface area contributed by atoms with Crippen LogP contribution in [0.15, 0.2) is 71.8 Å². The van der Waals surface area contributed by atoms with Crippen LogP contribution in [0.2, 0.25) is 5.02 Å². The van der Waals surface area contributed by atoms with Gasteiger partial charge in [0, 0.05) is 10.4 Å². The summed E-state index contributed by atoms with van der Waals surface area (Å²) in [6.07, 6.45) is 0. The quantitative estimate of drug-likeness (QED) is 0.512. The molecular formula is C18H15ClN2. The fourth-order valence-corrected chi connectivity index (χ4v) is 2.35. The third-order valence-corrected chi connectivity index (χ3v) is 3.65. The van der Waals surface area contributed by atoms with Gasteiger partial charge in [-0.3, -0.25) is 5.43 Å². The number of hydrazone groups is 1. The summed E-state index contributed by atoms with van der Waals surface area (Å²) in [5, 5.41) is 7.55. The Morgan fingerprint density at radius 3 is 2.43 bits per heavy atom. The summed E-state index contributed by atoms with van der Waals surface area (Å²) >= 11 is 5.90. The Kier molecular flexibility index (Phi) is 3.89. The maximum absolute atomic E-state index is 5.90. The monoisotopic (exact) mass is 294 g/mol. The summed E-state index contributed by atoms with van der Waals surface area (Å²) in [4.78, 5) is 0. The number of nitrogens with one attached hydrogen (secondary N) is 1. The summed E-state index contributed by atoms with van der Waals surface area (Å²) in [5.74, 6) is 0. The fraction of sp³-hybridized carbons (Fsp3) is 0.0556. The highest BCUT2D eigenvalue weighted by atomic mass is 35.5. The van der Waals surface area contributed by atoms with E-state index in [9.17, 15) is 0 Å². The Labute approximate surface area is 129 Å². The second-order valence-electron chi connectivity index (χ2n) is 4.84. The minimum atomic E-state index is 0.730. The van der Waals surface area contributed by atoms with Gasteiger partial charge in [-0.25, -0.2) is 0 Å². The lowest BCUT2D eigenvalue weighted by Crippen LogP contribution is -1.99. The molecule has 0 aliphatic heterocycles. The van der Waals surface area contributed by atoms with Gasteiger partial charge in [-0.15, -0.1) is 0 Å². The van der Waals surface area contributed by atoms with Crippen LogP contribution in [0, 0.1) is 0 Å². The van der Waals surface area contributed by atoms with E-state index in [0.29, 0.717) is 0 Å². The van der Waals surface area contributed by atoms with Crippen LogP contribution in [0.25, 0.3) is 10.8 Å². The van der Waals surface area contributed by atoms with E-state index in [2.05, 4.69) is 28.7 Å². The molecule has 0 aliphatic carbocycles. The predicted molar refractivity (Wildman–Crippen MR) is 91.2 cm³/mol. The number of hydrogen-bond acceptors (Lipinski definition) is 2. The number of rotatable bonds is 3. The largest absolute Gasteiger partial charge is 0.278 e. The van der Waals surface area contributed by atoms with Gasteiger partial charge < -0.3 is 0 Å². The SMILES string of the molecule is CC(=NNc1cccc2ccccc12)c1ccc(Cl)cc1. The van der Waals surface area contributed by atoms with E-state index in [0.717, 1.165) is 27.4 Å². The number of fused-ring (bicyclic) bond motifs is 1. The first-order valence-electron chi connectivity index (χ1n) is 6.78. The first kappa shape index (κ1) is 13.7. The number of halogens is 1. The molecule has 21 heavy (non-hydrogen) atoms. The fourth-order valence-electron chi connectivity index (χ4n) is 2.22. The second kappa shape index (κ2) is 5.98. The van der Waals surface area contributed by atoms with E-state index in [4.69, 9.17) is 11.6 Å².